The standard InChI is InChI=1S/C15H18N2O2S.ClH/c1-11-12-5-3-4-6-14(12)16-15-8-10-17(20(2,18)19)9-7-13(11)15;/h3-6H,7-10H2,1-2H3;1H. The van der Waals surface area contributed by atoms with E-state index in [1.54, 1.807) is 4.31 Å². The summed E-state index contributed by atoms with van der Waals surface area (Å²) in [6.07, 6.45) is 2.71. The van der Waals surface area contributed by atoms with Gasteiger partial charge in [-0.25, -0.2) is 12.7 Å². The van der Waals surface area contributed by atoms with Gasteiger partial charge in [0.1, 0.15) is 0 Å². The average molecular weight is 327 g/mol. The summed E-state index contributed by atoms with van der Waals surface area (Å²) >= 11 is 0. The normalized spacial score (nSPS) is 16.1. The van der Waals surface area contributed by atoms with Crippen LogP contribution in [0.3, 0.4) is 0 Å². The number of pyridine rings is 1. The monoisotopic (exact) mass is 326 g/mol. The van der Waals surface area contributed by atoms with Gasteiger partial charge >= 0.3 is 0 Å². The molecular formula is C15H19ClN2O2S. The summed E-state index contributed by atoms with van der Waals surface area (Å²) < 4.78 is 25.0. The fourth-order valence-electron chi connectivity index (χ4n) is 2.93. The minimum absolute atomic E-state index is 0. The third-order valence-corrected chi connectivity index (χ3v) is 5.35. The molecule has 0 atom stereocenters. The second-order valence-electron chi connectivity index (χ2n) is 5.34. The van der Waals surface area contributed by atoms with Gasteiger partial charge in [-0.15, -0.1) is 12.4 Å². The molecule has 1 aromatic carbocycles. The van der Waals surface area contributed by atoms with Crippen LogP contribution in [0.2, 0.25) is 0 Å². The molecule has 3 rings (SSSR count). The zero-order valence-corrected chi connectivity index (χ0v) is 13.8. The second kappa shape index (κ2) is 5.91. The fraction of sp³-hybridized carbons (Fsp3) is 0.400. The molecule has 114 valence electrons. The van der Waals surface area contributed by atoms with Crippen molar-refractivity contribution in [3.63, 3.8) is 0 Å². The van der Waals surface area contributed by atoms with Gasteiger partial charge in [-0.3, -0.25) is 4.98 Å². The van der Waals surface area contributed by atoms with Crippen molar-refractivity contribution in [2.24, 2.45) is 0 Å². The van der Waals surface area contributed by atoms with Gasteiger partial charge in [0, 0.05) is 30.6 Å². The highest BCUT2D eigenvalue weighted by atomic mass is 35.5. The Morgan fingerprint density at radius 2 is 1.81 bits per heavy atom. The van der Waals surface area contributed by atoms with Crippen LogP contribution in [0.15, 0.2) is 24.3 Å². The minimum Gasteiger partial charge on any atom is -0.252 e. The lowest BCUT2D eigenvalue weighted by atomic mass is 9.99. The van der Waals surface area contributed by atoms with E-state index >= 15 is 0 Å². The molecule has 0 radical (unpaired) electrons. The van der Waals surface area contributed by atoms with Crippen LogP contribution in [-0.4, -0.2) is 37.1 Å². The Bertz CT molecular complexity index is 775. The smallest absolute Gasteiger partial charge is 0.211 e. The van der Waals surface area contributed by atoms with Crippen LogP contribution in [-0.2, 0) is 22.9 Å². The first-order chi connectivity index (χ1) is 9.47. The maximum atomic E-state index is 11.7. The summed E-state index contributed by atoms with van der Waals surface area (Å²) in [7, 11) is -3.12. The molecule has 1 aromatic heterocycles. The molecule has 0 spiro atoms. The Hall–Kier alpha value is -1.17. The van der Waals surface area contributed by atoms with E-state index in [1.165, 1.54) is 22.8 Å². The Balaban J connectivity index is 0.00000161. The van der Waals surface area contributed by atoms with Gasteiger partial charge in [0.15, 0.2) is 0 Å². The third-order valence-electron chi connectivity index (χ3n) is 4.04. The van der Waals surface area contributed by atoms with Crippen molar-refractivity contribution in [1.29, 1.82) is 0 Å². The van der Waals surface area contributed by atoms with E-state index in [2.05, 4.69) is 13.0 Å². The van der Waals surface area contributed by atoms with Crippen LogP contribution >= 0.6 is 12.4 Å². The van der Waals surface area contributed by atoms with Crippen molar-refractivity contribution in [1.82, 2.24) is 9.29 Å². The molecule has 0 aliphatic carbocycles. The number of benzene rings is 1. The van der Waals surface area contributed by atoms with Crippen LogP contribution in [0.5, 0.6) is 0 Å². The van der Waals surface area contributed by atoms with Gasteiger partial charge in [0.25, 0.3) is 0 Å². The van der Waals surface area contributed by atoms with Gasteiger partial charge in [0.05, 0.1) is 11.8 Å². The summed E-state index contributed by atoms with van der Waals surface area (Å²) in [5.74, 6) is 0. The maximum Gasteiger partial charge on any atom is 0.211 e. The summed E-state index contributed by atoms with van der Waals surface area (Å²) in [4.78, 5) is 4.73. The third kappa shape index (κ3) is 3.05. The van der Waals surface area contributed by atoms with Crippen molar-refractivity contribution in [2.75, 3.05) is 19.3 Å². The highest BCUT2D eigenvalue weighted by Crippen LogP contribution is 2.26. The molecule has 0 N–H and O–H groups in total. The largest absolute Gasteiger partial charge is 0.252 e. The first-order valence-corrected chi connectivity index (χ1v) is 8.64. The van der Waals surface area contributed by atoms with Crippen molar-refractivity contribution in [2.45, 2.75) is 19.8 Å². The molecule has 2 aromatic rings. The lowest BCUT2D eigenvalue weighted by Gasteiger charge is -2.16. The molecule has 0 bridgehead atoms. The average Bonchev–Trinajstić information content (AvgIpc) is 2.61. The number of nitrogens with zero attached hydrogens (tertiary/aromatic N) is 2. The fourth-order valence-corrected chi connectivity index (χ4v) is 3.78. The van der Waals surface area contributed by atoms with Crippen molar-refractivity contribution < 1.29 is 8.42 Å². The summed E-state index contributed by atoms with van der Waals surface area (Å²) in [5, 5.41) is 1.17. The predicted molar refractivity (Wildman–Crippen MR) is 87.6 cm³/mol. The van der Waals surface area contributed by atoms with Crippen molar-refractivity contribution in [3.05, 3.63) is 41.1 Å². The van der Waals surface area contributed by atoms with Crippen molar-refractivity contribution in [3.8, 4) is 0 Å². The first kappa shape index (κ1) is 16.2. The number of hydrogen-bond acceptors (Lipinski definition) is 3. The summed E-state index contributed by atoms with van der Waals surface area (Å²) in [6.45, 7) is 3.18. The number of halogens is 1. The van der Waals surface area contributed by atoms with E-state index < -0.39 is 10.0 Å². The molecular weight excluding hydrogens is 308 g/mol. The van der Waals surface area contributed by atoms with Gasteiger partial charge < -0.3 is 0 Å². The van der Waals surface area contributed by atoms with Crippen LogP contribution in [0.25, 0.3) is 10.9 Å². The van der Waals surface area contributed by atoms with E-state index in [0.29, 0.717) is 19.5 Å². The SMILES string of the molecule is Cc1c2c(nc3ccccc13)CCN(S(C)(=O)=O)CC2.Cl. The van der Waals surface area contributed by atoms with Crippen molar-refractivity contribution >= 4 is 33.3 Å². The topological polar surface area (TPSA) is 50.3 Å². The number of aryl methyl sites for hydroxylation is 1. The zero-order chi connectivity index (χ0) is 14.3. The predicted octanol–water partition coefficient (Wildman–Crippen LogP) is 2.33. The molecule has 0 saturated heterocycles. The molecule has 0 unspecified atom stereocenters. The lowest BCUT2D eigenvalue weighted by molar-refractivity contribution is 0.430. The number of aromatic nitrogens is 1. The van der Waals surface area contributed by atoms with Crippen LogP contribution in [0.4, 0.5) is 0 Å². The molecule has 1 aliphatic rings. The van der Waals surface area contributed by atoms with E-state index in [9.17, 15) is 8.42 Å². The van der Waals surface area contributed by atoms with Crippen LogP contribution < -0.4 is 0 Å². The molecule has 0 fully saturated rings. The molecule has 6 heteroatoms. The number of rotatable bonds is 1. The van der Waals surface area contributed by atoms with E-state index in [4.69, 9.17) is 4.98 Å². The van der Waals surface area contributed by atoms with E-state index in [1.807, 2.05) is 18.2 Å². The highest BCUT2D eigenvalue weighted by molar-refractivity contribution is 7.88. The number of fused-ring (bicyclic) bond motifs is 2. The Labute approximate surface area is 131 Å². The Morgan fingerprint density at radius 1 is 1.14 bits per heavy atom. The van der Waals surface area contributed by atoms with E-state index in [0.717, 1.165) is 17.6 Å². The highest BCUT2D eigenvalue weighted by Gasteiger charge is 2.23. The Kier molecular flexibility index (Phi) is 4.56. The summed E-state index contributed by atoms with van der Waals surface area (Å²) in [5.41, 5.74) is 4.50. The number of sulfonamides is 1. The Morgan fingerprint density at radius 3 is 2.52 bits per heavy atom. The number of para-hydroxylation sites is 1. The van der Waals surface area contributed by atoms with Gasteiger partial charge in [-0.05, 0) is 30.5 Å². The summed E-state index contributed by atoms with van der Waals surface area (Å²) in [6, 6.07) is 8.10. The van der Waals surface area contributed by atoms with Crippen LogP contribution in [0, 0.1) is 6.92 Å². The molecule has 21 heavy (non-hydrogen) atoms. The molecule has 1 aliphatic heterocycles. The first-order valence-electron chi connectivity index (χ1n) is 6.79. The lowest BCUT2D eigenvalue weighted by Crippen LogP contribution is -2.32. The van der Waals surface area contributed by atoms with Gasteiger partial charge in [-0.1, -0.05) is 18.2 Å². The minimum atomic E-state index is -3.12. The van der Waals surface area contributed by atoms with E-state index in [-0.39, 0.29) is 12.4 Å². The van der Waals surface area contributed by atoms with Gasteiger partial charge in [0.2, 0.25) is 10.0 Å². The molecule has 0 amide bonds. The molecule has 4 nitrogen and oxygen atoms in total. The van der Waals surface area contributed by atoms with Crippen LogP contribution in [0.1, 0.15) is 16.8 Å². The maximum absolute atomic E-state index is 11.7. The molecule has 0 saturated carbocycles. The zero-order valence-electron chi connectivity index (χ0n) is 12.2. The molecule has 2 heterocycles. The number of hydrogen-bond donors (Lipinski definition) is 0. The quantitative estimate of drug-likeness (QED) is 0.808. The van der Waals surface area contributed by atoms with Gasteiger partial charge in [-0.2, -0.15) is 0 Å². The second-order valence-corrected chi connectivity index (χ2v) is 7.32.